The zero-order chi connectivity index (χ0) is 17.3. The van der Waals surface area contributed by atoms with Gasteiger partial charge in [0.1, 0.15) is 0 Å². The largest absolute Gasteiger partial charge is 0.416 e. The van der Waals surface area contributed by atoms with E-state index in [1.54, 1.807) is 24.3 Å². The molecule has 1 amide bonds. The van der Waals surface area contributed by atoms with Crippen molar-refractivity contribution in [1.82, 2.24) is 4.98 Å². The van der Waals surface area contributed by atoms with Gasteiger partial charge in [0, 0.05) is 10.9 Å². The van der Waals surface area contributed by atoms with E-state index in [-0.39, 0.29) is 11.3 Å². The molecule has 0 unspecified atom stereocenters. The molecule has 4 nitrogen and oxygen atoms in total. The molecule has 0 spiro atoms. The number of rotatable bonds is 2. The highest BCUT2D eigenvalue weighted by molar-refractivity contribution is 6.08. The maximum absolute atomic E-state index is 12.7. The van der Waals surface area contributed by atoms with Crippen molar-refractivity contribution < 1.29 is 18.0 Å². The van der Waals surface area contributed by atoms with Crippen molar-refractivity contribution in [3.8, 4) is 0 Å². The summed E-state index contributed by atoms with van der Waals surface area (Å²) < 4.78 is 38.2. The van der Waals surface area contributed by atoms with Crippen molar-refractivity contribution >= 4 is 28.2 Å². The van der Waals surface area contributed by atoms with Gasteiger partial charge in [-0.15, -0.1) is 0 Å². The van der Waals surface area contributed by atoms with Crippen molar-refractivity contribution in [1.29, 1.82) is 0 Å². The highest BCUT2D eigenvalue weighted by Gasteiger charge is 2.30. The molecule has 0 fully saturated rings. The molecule has 0 aliphatic carbocycles. The number of alkyl halides is 3. The number of hydrogen-bond donors (Lipinski definition) is 2. The summed E-state index contributed by atoms with van der Waals surface area (Å²) in [6, 6.07) is 11.3. The van der Waals surface area contributed by atoms with Crippen LogP contribution in [0.1, 0.15) is 15.9 Å². The van der Waals surface area contributed by atoms with E-state index in [0.717, 1.165) is 12.1 Å². The molecule has 0 aliphatic rings. The third kappa shape index (κ3) is 3.01. The Morgan fingerprint density at radius 2 is 1.83 bits per heavy atom. The molecular weight excluding hydrogens is 319 g/mol. The first-order valence-electron chi connectivity index (χ1n) is 6.98. The third-order valence-electron chi connectivity index (χ3n) is 3.52. The number of nitrogen functional groups attached to an aromatic ring is 1. The molecule has 7 heteroatoms. The summed E-state index contributed by atoms with van der Waals surface area (Å²) in [6.07, 6.45) is -3.14. The lowest BCUT2D eigenvalue weighted by Gasteiger charge is -2.11. The first kappa shape index (κ1) is 15.8. The van der Waals surface area contributed by atoms with Gasteiger partial charge in [-0.25, -0.2) is 0 Å². The molecule has 0 radical (unpaired) electrons. The lowest BCUT2D eigenvalue weighted by atomic mass is 10.1. The third-order valence-corrected chi connectivity index (χ3v) is 3.52. The number of carbonyl (C=O) groups is 1. The van der Waals surface area contributed by atoms with Crippen LogP contribution in [0.2, 0.25) is 0 Å². The SMILES string of the molecule is Nc1c(NC(=O)c2cccc(C(F)(F)F)c2)cnc2ccccc12. The zero-order valence-electron chi connectivity index (χ0n) is 12.3. The van der Waals surface area contributed by atoms with E-state index in [1.165, 1.54) is 18.3 Å². The van der Waals surface area contributed by atoms with Gasteiger partial charge >= 0.3 is 6.18 Å². The fraction of sp³-hybridized carbons (Fsp3) is 0.0588. The monoisotopic (exact) mass is 331 g/mol. The van der Waals surface area contributed by atoms with Gasteiger partial charge < -0.3 is 11.1 Å². The van der Waals surface area contributed by atoms with Gasteiger partial charge in [0.25, 0.3) is 5.91 Å². The standard InChI is InChI=1S/C17H12F3N3O/c18-17(19,20)11-5-3-4-10(8-11)16(24)23-14-9-22-13-7-2-1-6-12(13)15(14)21/h1-9H,(H2,21,22)(H,23,24). The molecule has 24 heavy (non-hydrogen) atoms. The molecule has 3 aromatic rings. The van der Waals surface area contributed by atoms with Crippen molar-refractivity contribution in [3.05, 3.63) is 65.9 Å². The van der Waals surface area contributed by atoms with Crippen molar-refractivity contribution in [2.45, 2.75) is 6.18 Å². The first-order chi connectivity index (χ1) is 11.4. The van der Waals surface area contributed by atoms with Gasteiger partial charge in [0.15, 0.2) is 0 Å². The number of nitrogens with zero attached hydrogens (tertiary/aromatic N) is 1. The van der Waals surface area contributed by atoms with Gasteiger partial charge in [0.05, 0.1) is 28.7 Å². The fourth-order valence-corrected chi connectivity index (χ4v) is 2.29. The minimum Gasteiger partial charge on any atom is -0.396 e. The highest BCUT2D eigenvalue weighted by atomic mass is 19.4. The van der Waals surface area contributed by atoms with E-state index < -0.39 is 17.6 Å². The summed E-state index contributed by atoms with van der Waals surface area (Å²) in [7, 11) is 0. The summed E-state index contributed by atoms with van der Waals surface area (Å²) >= 11 is 0. The van der Waals surface area contributed by atoms with Gasteiger partial charge in [0.2, 0.25) is 0 Å². The molecule has 0 saturated carbocycles. The van der Waals surface area contributed by atoms with Gasteiger partial charge in [-0.1, -0.05) is 24.3 Å². The molecule has 3 rings (SSSR count). The average Bonchev–Trinajstić information content (AvgIpc) is 2.57. The molecule has 2 aromatic carbocycles. The first-order valence-corrected chi connectivity index (χ1v) is 6.98. The number of nitrogens with two attached hydrogens (primary N) is 1. The van der Waals surface area contributed by atoms with Crippen LogP contribution in [0, 0.1) is 0 Å². The molecule has 0 aliphatic heterocycles. The van der Waals surface area contributed by atoms with E-state index >= 15 is 0 Å². The Morgan fingerprint density at radius 3 is 2.58 bits per heavy atom. The molecule has 0 bridgehead atoms. The van der Waals surface area contributed by atoms with Gasteiger partial charge in [-0.2, -0.15) is 13.2 Å². The summed E-state index contributed by atoms with van der Waals surface area (Å²) in [4.78, 5) is 16.4. The van der Waals surface area contributed by atoms with Crippen LogP contribution in [0.4, 0.5) is 24.5 Å². The van der Waals surface area contributed by atoms with Gasteiger partial charge in [-0.3, -0.25) is 9.78 Å². The molecular formula is C17H12F3N3O. The second-order valence-electron chi connectivity index (χ2n) is 5.14. The van der Waals surface area contributed by atoms with Crippen molar-refractivity contribution in [3.63, 3.8) is 0 Å². The molecule has 1 heterocycles. The Morgan fingerprint density at radius 1 is 1.08 bits per heavy atom. The fourth-order valence-electron chi connectivity index (χ4n) is 2.29. The number of carbonyl (C=O) groups excluding carboxylic acids is 1. The molecule has 3 N–H and O–H groups in total. The predicted octanol–water partition coefficient (Wildman–Crippen LogP) is 4.09. The minimum absolute atomic E-state index is 0.114. The Kier molecular flexibility index (Phi) is 3.84. The summed E-state index contributed by atoms with van der Waals surface area (Å²) in [5.41, 5.74) is 6.22. The topological polar surface area (TPSA) is 68.0 Å². The number of halogens is 3. The summed E-state index contributed by atoms with van der Waals surface area (Å²) in [5.74, 6) is -0.690. The molecule has 1 aromatic heterocycles. The lowest BCUT2D eigenvalue weighted by Crippen LogP contribution is -2.15. The normalized spacial score (nSPS) is 11.5. The van der Waals surface area contributed by atoms with Crippen LogP contribution in [-0.4, -0.2) is 10.9 Å². The van der Waals surface area contributed by atoms with Gasteiger partial charge in [-0.05, 0) is 24.3 Å². The smallest absolute Gasteiger partial charge is 0.396 e. The number of anilines is 2. The van der Waals surface area contributed by atoms with E-state index in [0.29, 0.717) is 16.6 Å². The van der Waals surface area contributed by atoms with E-state index in [2.05, 4.69) is 10.3 Å². The number of nitrogens with one attached hydrogen (secondary N) is 1. The van der Waals surface area contributed by atoms with Crippen LogP contribution in [0.15, 0.2) is 54.7 Å². The maximum atomic E-state index is 12.7. The van der Waals surface area contributed by atoms with Crippen molar-refractivity contribution in [2.75, 3.05) is 11.1 Å². The molecule has 122 valence electrons. The second kappa shape index (κ2) is 5.84. The zero-order valence-corrected chi connectivity index (χ0v) is 12.3. The summed E-state index contributed by atoms with van der Waals surface area (Å²) in [5, 5.41) is 3.16. The highest BCUT2D eigenvalue weighted by Crippen LogP contribution is 2.30. The Bertz CT molecular complexity index is 922. The number of fused-ring (bicyclic) bond motifs is 1. The van der Waals surface area contributed by atoms with Crippen LogP contribution in [0.25, 0.3) is 10.9 Å². The Hall–Kier alpha value is -3.09. The number of amides is 1. The maximum Gasteiger partial charge on any atom is 0.416 e. The number of para-hydroxylation sites is 1. The second-order valence-corrected chi connectivity index (χ2v) is 5.14. The van der Waals surface area contributed by atoms with Crippen LogP contribution >= 0.6 is 0 Å². The van der Waals surface area contributed by atoms with E-state index in [4.69, 9.17) is 5.73 Å². The lowest BCUT2D eigenvalue weighted by molar-refractivity contribution is -0.137. The number of pyridine rings is 1. The van der Waals surface area contributed by atoms with E-state index in [9.17, 15) is 18.0 Å². The number of aromatic nitrogens is 1. The Labute approximate surface area is 135 Å². The van der Waals surface area contributed by atoms with Crippen LogP contribution in [0.3, 0.4) is 0 Å². The quantitative estimate of drug-likeness (QED) is 0.743. The average molecular weight is 331 g/mol. The summed E-state index contributed by atoms with van der Waals surface area (Å²) in [6.45, 7) is 0. The van der Waals surface area contributed by atoms with Crippen LogP contribution < -0.4 is 11.1 Å². The van der Waals surface area contributed by atoms with Crippen LogP contribution in [-0.2, 0) is 6.18 Å². The van der Waals surface area contributed by atoms with E-state index in [1.807, 2.05) is 0 Å². The minimum atomic E-state index is -4.51. The van der Waals surface area contributed by atoms with Crippen LogP contribution in [0.5, 0.6) is 0 Å². The van der Waals surface area contributed by atoms with Crippen molar-refractivity contribution in [2.24, 2.45) is 0 Å². The predicted molar refractivity (Wildman–Crippen MR) is 85.6 cm³/mol. The Balaban J connectivity index is 1.92. The molecule has 0 saturated heterocycles. The molecule has 0 atom stereocenters. The number of hydrogen-bond acceptors (Lipinski definition) is 3. The number of benzene rings is 2.